The summed E-state index contributed by atoms with van der Waals surface area (Å²) in [5.41, 5.74) is 1.10. The van der Waals surface area contributed by atoms with E-state index in [1.165, 1.54) is 4.88 Å². The van der Waals surface area contributed by atoms with Gasteiger partial charge in [0, 0.05) is 24.0 Å². The number of guanidine groups is 1. The first-order valence-electron chi connectivity index (χ1n) is 8.20. The number of halogens is 1. The molecule has 0 aliphatic heterocycles. The molecule has 0 saturated heterocycles. The van der Waals surface area contributed by atoms with Crippen molar-refractivity contribution in [3.05, 3.63) is 15.6 Å². The van der Waals surface area contributed by atoms with E-state index in [0.717, 1.165) is 42.8 Å². The van der Waals surface area contributed by atoms with Crippen LogP contribution in [0.4, 0.5) is 0 Å². The van der Waals surface area contributed by atoms with E-state index in [1.54, 1.807) is 11.3 Å². The monoisotopic (exact) mass is 453 g/mol. The average molecular weight is 453 g/mol. The van der Waals surface area contributed by atoms with E-state index >= 15 is 0 Å². The molecule has 23 heavy (non-hydrogen) atoms. The van der Waals surface area contributed by atoms with Crippen molar-refractivity contribution in [1.82, 2.24) is 20.5 Å². The van der Waals surface area contributed by atoms with Crippen LogP contribution < -0.4 is 10.6 Å². The second-order valence-corrected chi connectivity index (χ2v) is 6.68. The first-order chi connectivity index (χ1) is 10.5. The van der Waals surface area contributed by atoms with Gasteiger partial charge in [0.15, 0.2) is 5.96 Å². The number of aromatic nitrogens is 1. The van der Waals surface area contributed by atoms with Gasteiger partial charge >= 0.3 is 0 Å². The molecule has 0 amide bonds. The van der Waals surface area contributed by atoms with Crippen LogP contribution in [0.15, 0.2) is 4.99 Å². The second-order valence-electron chi connectivity index (χ2n) is 5.39. The van der Waals surface area contributed by atoms with Crippen molar-refractivity contribution in [3.8, 4) is 0 Å². The van der Waals surface area contributed by atoms with Crippen molar-refractivity contribution < 1.29 is 0 Å². The summed E-state index contributed by atoms with van der Waals surface area (Å²) in [6, 6.07) is 0.492. The maximum absolute atomic E-state index is 4.69. The zero-order valence-electron chi connectivity index (χ0n) is 15.3. The van der Waals surface area contributed by atoms with Gasteiger partial charge in [0.2, 0.25) is 0 Å². The lowest BCUT2D eigenvalue weighted by molar-refractivity contribution is 0.231. The molecule has 0 aliphatic rings. The summed E-state index contributed by atoms with van der Waals surface area (Å²) in [6.45, 7) is 17.4. The summed E-state index contributed by atoms with van der Waals surface area (Å²) in [5, 5.41) is 7.87. The molecule has 134 valence electrons. The summed E-state index contributed by atoms with van der Waals surface area (Å²) < 4.78 is 0. The molecule has 1 unspecified atom stereocenters. The maximum Gasteiger partial charge on any atom is 0.191 e. The Morgan fingerprint density at radius 3 is 2.35 bits per heavy atom. The topological polar surface area (TPSA) is 52.6 Å². The molecule has 0 spiro atoms. The van der Waals surface area contributed by atoms with Crippen LogP contribution in [0.25, 0.3) is 0 Å². The molecule has 1 rings (SSSR count). The van der Waals surface area contributed by atoms with Gasteiger partial charge in [-0.25, -0.2) is 9.98 Å². The number of likely N-dealkylation sites (N-methyl/N-ethyl adjacent to an activating group) is 1. The van der Waals surface area contributed by atoms with Gasteiger partial charge in [0.1, 0.15) is 0 Å². The Kier molecular flexibility index (Phi) is 11.8. The highest BCUT2D eigenvalue weighted by molar-refractivity contribution is 14.0. The first-order valence-corrected chi connectivity index (χ1v) is 9.02. The van der Waals surface area contributed by atoms with E-state index in [0.29, 0.717) is 12.6 Å². The van der Waals surface area contributed by atoms with Crippen LogP contribution in [-0.4, -0.2) is 48.1 Å². The molecule has 0 aliphatic carbocycles. The number of hydrogen-bond donors (Lipinski definition) is 2. The van der Waals surface area contributed by atoms with Crippen molar-refractivity contribution in [1.29, 1.82) is 0 Å². The third-order valence-corrected chi connectivity index (χ3v) is 4.78. The molecule has 0 aromatic carbocycles. The number of aliphatic imine (C=N–C) groups is 1. The summed E-state index contributed by atoms with van der Waals surface area (Å²) >= 11 is 1.73. The Balaban J connectivity index is 0.00000484. The highest BCUT2D eigenvalue weighted by Gasteiger charge is 2.10. The molecule has 5 nitrogen and oxygen atoms in total. The van der Waals surface area contributed by atoms with Gasteiger partial charge in [0.25, 0.3) is 0 Å². The molecule has 7 heteroatoms. The van der Waals surface area contributed by atoms with Crippen LogP contribution in [0.3, 0.4) is 0 Å². The molecule has 2 N–H and O–H groups in total. The van der Waals surface area contributed by atoms with Gasteiger partial charge in [0.05, 0.1) is 17.2 Å². The standard InChI is InChI=1S/C16H31N5S.HI/c1-7-17-16(18-10-12(4)21(8-2)9-3)19-11-15-13(5)20-14(6)22-15;/h12H,7-11H2,1-6H3,(H2,17,18,19);1H. The van der Waals surface area contributed by atoms with E-state index in [2.05, 4.69) is 60.1 Å². The van der Waals surface area contributed by atoms with Crippen molar-refractivity contribution in [3.63, 3.8) is 0 Å². The molecular formula is C16H32IN5S. The van der Waals surface area contributed by atoms with Crippen LogP contribution >= 0.6 is 35.3 Å². The van der Waals surface area contributed by atoms with Crippen LogP contribution in [0, 0.1) is 13.8 Å². The molecule has 1 atom stereocenters. The van der Waals surface area contributed by atoms with Crippen LogP contribution in [-0.2, 0) is 6.54 Å². The number of nitrogens with one attached hydrogen (secondary N) is 2. The predicted octanol–water partition coefficient (Wildman–Crippen LogP) is 3.16. The Bertz CT molecular complexity index is 471. The number of rotatable bonds is 8. The minimum Gasteiger partial charge on any atom is -0.357 e. The molecule has 1 aromatic heterocycles. The Labute approximate surface area is 162 Å². The number of hydrogen-bond acceptors (Lipinski definition) is 4. The van der Waals surface area contributed by atoms with Gasteiger partial charge in [-0.1, -0.05) is 13.8 Å². The lowest BCUT2D eigenvalue weighted by atomic mass is 10.3. The molecule has 1 aromatic rings. The quantitative estimate of drug-likeness (QED) is 0.361. The van der Waals surface area contributed by atoms with E-state index in [9.17, 15) is 0 Å². The third-order valence-electron chi connectivity index (χ3n) is 3.73. The second kappa shape index (κ2) is 12.0. The van der Waals surface area contributed by atoms with Gasteiger partial charge < -0.3 is 10.6 Å². The van der Waals surface area contributed by atoms with Crippen molar-refractivity contribution >= 4 is 41.3 Å². The largest absolute Gasteiger partial charge is 0.357 e. The molecule has 0 radical (unpaired) electrons. The first kappa shape index (κ1) is 22.6. The lowest BCUT2D eigenvalue weighted by Gasteiger charge is -2.27. The average Bonchev–Trinajstić information content (AvgIpc) is 2.81. The van der Waals surface area contributed by atoms with Crippen LogP contribution in [0.1, 0.15) is 43.3 Å². The van der Waals surface area contributed by atoms with Gasteiger partial charge in [-0.15, -0.1) is 35.3 Å². The van der Waals surface area contributed by atoms with E-state index in [1.807, 2.05) is 6.92 Å². The highest BCUT2D eigenvalue weighted by Crippen LogP contribution is 2.17. The number of nitrogens with zero attached hydrogens (tertiary/aromatic N) is 3. The normalized spacial score (nSPS) is 12.9. The van der Waals surface area contributed by atoms with Crippen molar-refractivity contribution in [2.45, 2.75) is 54.1 Å². The SMILES string of the molecule is CCNC(=NCc1sc(C)nc1C)NCC(C)N(CC)CC.I. The van der Waals surface area contributed by atoms with Crippen molar-refractivity contribution in [2.24, 2.45) is 4.99 Å². The Morgan fingerprint density at radius 2 is 1.87 bits per heavy atom. The summed E-state index contributed by atoms with van der Waals surface area (Å²) in [5.74, 6) is 0.881. The third kappa shape index (κ3) is 7.80. The zero-order valence-corrected chi connectivity index (χ0v) is 18.4. The predicted molar refractivity (Wildman–Crippen MR) is 112 cm³/mol. The van der Waals surface area contributed by atoms with Crippen LogP contribution in [0.2, 0.25) is 0 Å². The Morgan fingerprint density at radius 1 is 1.22 bits per heavy atom. The van der Waals surface area contributed by atoms with Gasteiger partial charge in [-0.05, 0) is 40.8 Å². The van der Waals surface area contributed by atoms with Crippen LogP contribution in [0.5, 0.6) is 0 Å². The Hall–Kier alpha value is -0.410. The van der Waals surface area contributed by atoms with Crippen molar-refractivity contribution in [2.75, 3.05) is 26.2 Å². The summed E-state index contributed by atoms with van der Waals surface area (Å²) in [4.78, 5) is 12.8. The molecule has 0 bridgehead atoms. The smallest absolute Gasteiger partial charge is 0.191 e. The highest BCUT2D eigenvalue weighted by atomic mass is 127. The fourth-order valence-electron chi connectivity index (χ4n) is 2.43. The number of aryl methyl sites for hydroxylation is 2. The maximum atomic E-state index is 4.69. The minimum atomic E-state index is 0. The fraction of sp³-hybridized carbons (Fsp3) is 0.750. The summed E-state index contributed by atoms with van der Waals surface area (Å²) in [6.07, 6.45) is 0. The molecule has 0 saturated carbocycles. The van der Waals surface area contributed by atoms with E-state index < -0.39 is 0 Å². The van der Waals surface area contributed by atoms with E-state index in [-0.39, 0.29) is 24.0 Å². The molecule has 1 heterocycles. The van der Waals surface area contributed by atoms with E-state index in [4.69, 9.17) is 0 Å². The molecule has 0 fully saturated rings. The minimum absolute atomic E-state index is 0. The number of thiazole rings is 1. The zero-order chi connectivity index (χ0) is 16.5. The fourth-order valence-corrected chi connectivity index (χ4v) is 3.29. The van der Waals surface area contributed by atoms with Gasteiger partial charge in [-0.2, -0.15) is 0 Å². The lowest BCUT2D eigenvalue weighted by Crippen LogP contribution is -2.45. The van der Waals surface area contributed by atoms with Gasteiger partial charge in [-0.3, -0.25) is 4.90 Å². The summed E-state index contributed by atoms with van der Waals surface area (Å²) in [7, 11) is 0. The molecular weight excluding hydrogens is 421 g/mol.